The van der Waals surface area contributed by atoms with Crippen LogP contribution in [0.5, 0.6) is 0 Å². The third-order valence-electron chi connectivity index (χ3n) is 3.10. The molecule has 3 nitrogen and oxygen atoms in total. The molecule has 2 heterocycles. The first-order valence-corrected chi connectivity index (χ1v) is 8.03. The molecule has 0 unspecified atom stereocenters. The van der Waals surface area contributed by atoms with Crippen molar-refractivity contribution >= 4 is 17.4 Å². The Morgan fingerprint density at radius 3 is 3.22 bits per heavy atom. The van der Waals surface area contributed by atoms with Crippen molar-refractivity contribution in [3.63, 3.8) is 0 Å². The number of pyridine rings is 1. The molecular formula is C14H23N3S. The fraction of sp³-hybridized carbons (Fsp3) is 0.643. The van der Waals surface area contributed by atoms with Gasteiger partial charge in [0, 0.05) is 37.3 Å². The number of hydrogen-bond donors (Lipinski definition) is 1. The van der Waals surface area contributed by atoms with Gasteiger partial charge in [-0.3, -0.25) is 9.88 Å². The highest BCUT2D eigenvalue weighted by atomic mass is 32.2. The molecule has 0 aromatic carbocycles. The van der Waals surface area contributed by atoms with Crippen LogP contribution in [0.1, 0.15) is 25.5 Å². The summed E-state index contributed by atoms with van der Waals surface area (Å²) in [4.78, 5) is 7.00. The van der Waals surface area contributed by atoms with Crippen molar-refractivity contribution in [2.45, 2.75) is 26.3 Å². The molecule has 1 aliphatic rings. The number of nitrogens with one attached hydrogen (secondary N) is 1. The summed E-state index contributed by atoms with van der Waals surface area (Å²) in [6, 6.07) is 4.24. The van der Waals surface area contributed by atoms with Crippen LogP contribution in [0.3, 0.4) is 0 Å². The highest BCUT2D eigenvalue weighted by Gasteiger charge is 2.10. The van der Waals surface area contributed by atoms with Crippen molar-refractivity contribution < 1.29 is 0 Å². The van der Waals surface area contributed by atoms with Crippen LogP contribution in [-0.4, -0.2) is 41.0 Å². The van der Waals surface area contributed by atoms with Crippen molar-refractivity contribution in [1.82, 2.24) is 9.88 Å². The number of thioether (sulfide) groups is 1. The maximum Gasteiger partial charge on any atom is 0.0564 e. The van der Waals surface area contributed by atoms with Crippen molar-refractivity contribution in [3.05, 3.63) is 24.0 Å². The zero-order chi connectivity index (χ0) is 12.6. The number of rotatable bonds is 5. The quantitative estimate of drug-likeness (QED) is 0.886. The lowest BCUT2D eigenvalue weighted by Gasteiger charge is -2.19. The van der Waals surface area contributed by atoms with Gasteiger partial charge in [-0.05, 0) is 37.3 Å². The molecule has 4 heteroatoms. The predicted molar refractivity (Wildman–Crippen MR) is 80.2 cm³/mol. The highest BCUT2D eigenvalue weighted by Crippen LogP contribution is 2.14. The molecule has 0 atom stereocenters. The van der Waals surface area contributed by atoms with E-state index in [2.05, 4.69) is 46.0 Å². The van der Waals surface area contributed by atoms with Crippen molar-refractivity contribution in [2.24, 2.45) is 0 Å². The summed E-state index contributed by atoms with van der Waals surface area (Å²) >= 11 is 2.07. The van der Waals surface area contributed by atoms with Gasteiger partial charge in [-0.25, -0.2) is 0 Å². The first-order chi connectivity index (χ1) is 8.88. The van der Waals surface area contributed by atoms with Gasteiger partial charge in [-0.2, -0.15) is 11.8 Å². The van der Waals surface area contributed by atoms with E-state index in [4.69, 9.17) is 0 Å². The van der Waals surface area contributed by atoms with Gasteiger partial charge in [0.05, 0.1) is 5.69 Å². The molecule has 0 amide bonds. The van der Waals surface area contributed by atoms with E-state index in [1.165, 1.54) is 42.4 Å². The van der Waals surface area contributed by atoms with Gasteiger partial charge < -0.3 is 5.32 Å². The van der Waals surface area contributed by atoms with Gasteiger partial charge in [-0.1, -0.05) is 6.92 Å². The van der Waals surface area contributed by atoms with Crippen LogP contribution < -0.4 is 5.32 Å². The second kappa shape index (κ2) is 7.64. The molecular weight excluding hydrogens is 242 g/mol. The first kappa shape index (κ1) is 13.7. The SMILES string of the molecule is CCCNc1ccnc(CN2CCCSCC2)c1. The molecule has 1 aliphatic heterocycles. The Hall–Kier alpha value is -0.740. The fourth-order valence-corrected chi connectivity index (χ4v) is 3.05. The molecule has 2 rings (SSSR count). The Balaban J connectivity index is 1.91. The Kier molecular flexibility index (Phi) is 5.81. The van der Waals surface area contributed by atoms with Crippen LogP contribution in [0.25, 0.3) is 0 Å². The summed E-state index contributed by atoms with van der Waals surface area (Å²) in [5, 5.41) is 3.42. The minimum Gasteiger partial charge on any atom is -0.385 e. The zero-order valence-corrected chi connectivity index (χ0v) is 12.0. The third kappa shape index (κ3) is 4.50. The monoisotopic (exact) mass is 265 g/mol. The van der Waals surface area contributed by atoms with E-state index < -0.39 is 0 Å². The minimum absolute atomic E-state index is 0.988. The smallest absolute Gasteiger partial charge is 0.0564 e. The molecule has 0 bridgehead atoms. The molecule has 0 spiro atoms. The second-order valence-electron chi connectivity index (χ2n) is 4.70. The van der Waals surface area contributed by atoms with Gasteiger partial charge in [-0.15, -0.1) is 0 Å². The lowest BCUT2D eigenvalue weighted by Crippen LogP contribution is -2.25. The van der Waals surface area contributed by atoms with E-state index >= 15 is 0 Å². The predicted octanol–water partition coefficient (Wildman–Crippen LogP) is 2.84. The summed E-state index contributed by atoms with van der Waals surface area (Å²) in [7, 11) is 0. The molecule has 0 radical (unpaired) electrons. The molecule has 0 aliphatic carbocycles. The van der Waals surface area contributed by atoms with E-state index in [0.29, 0.717) is 0 Å². The molecule has 1 aromatic heterocycles. The van der Waals surface area contributed by atoms with Crippen LogP contribution in [0, 0.1) is 0 Å². The van der Waals surface area contributed by atoms with Crippen molar-refractivity contribution in [2.75, 3.05) is 36.5 Å². The van der Waals surface area contributed by atoms with E-state index in [0.717, 1.165) is 19.5 Å². The largest absolute Gasteiger partial charge is 0.385 e. The first-order valence-electron chi connectivity index (χ1n) is 6.87. The number of nitrogens with zero attached hydrogens (tertiary/aromatic N) is 2. The highest BCUT2D eigenvalue weighted by molar-refractivity contribution is 7.99. The lowest BCUT2D eigenvalue weighted by molar-refractivity contribution is 0.284. The van der Waals surface area contributed by atoms with E-state index in [1.807, 2.05) is 6.20 Å². The van der Waals surface area contributed by atoms with Gasteiger partial charge in [0.2, 0.25) is 0 Å². The second-order valence-corrected chi connectivity index (χ2v) is 5.93. The molecule has 18 heavy (non-hydrogen) atoms. The van der Waals surface area contributed by atoms with Crippen LogP contribution in [0.4, 0.5) is 5.69 Å². The zero-order valence-electron chi connectivity index (χ0n) is 11.2. The summed E-state index contributed by atoms with van der Waals surface area (Å²) in [5.41, 5.74) is 2.38. The van der Waals surface area contributed by atoms with Gasteiger partial charge in [0.15, 0.2) is 0 Å². The van der Waals surface area contributed by atoms with E-state index in [9.17, 15) is 0 Å². The molecule has 1 fully saturated rings. The van der Waals surface area contributed by atoms with E-state index in [1.54, 1.807) is 0 Å². The molecule has 1 aromatic rings. The summed E-state index contributed by atoms with van der Waals surface area (Å²) in [6.45, 7) is 6.61. The molecule has 1 N–H and O–H groups in total. The average molecular weight is 265 g/mol. The summed E-state index contributed by atoms with van der Waals surface area (Å²) in [6.07, 6.45) is 4.37. The maximum absolute atomic E-state index is 4.48. The maximum atomic E-state index is 4.48. The van der Waals surface area contributed by atoms with Gasteiger partial charge >= 0.3 is 0 Å². The van der Waals surface area contributed by atoms with Gasteiger partial charge in [0.25, 0.3) is 0 Å². The summed E-state index contributed by atoms with van der Waals surface area (Å²) in [5.74, 6) is 2.57. The van der Waals surface area contributed by atoms with Crippen LogP contribution in [-0.2, 0) is 6.54 Å². The topological polar surface area (TPSA) is 28.2 Å². The standard InChI is InChI=1S/C14H23N3S/c1-2-5-15-13-4-6-16-14(11-13)12-17-7-3-9-18-10-8-17/h4,6,11H,2-3,5,7-10,12H2,1H3,(H,15,16). The average Bonchev–Trinajstić information content (AvgIpc) is 2.65. The number of aromatic nitrogens is 1. The Morgan fingerprint density at radius 2 is 2.33 bits per heavy atom. The number of anilines is 1. The van der Waals surface area contributed by atoms with Crippen LogP contribution in [0.15, 0.2) is 18.3 Å². The number of hydrogen-bond acceptors (Lipinski definition) is 4. The minimum atomic E-state index is 0.988. The normalized spacial score (nSPS) is 17.4. The van der Waals surface area contributed by atoms with Crippen molar-refractivity contribution in [3.8, 4) is 0 Å². The fourth-order valence-electron chi connectivity index (χ4n) is 2.13. The van der Waals surface area contributed by atoms with Crippen LogP contribution in [0.2, 0.25) is 0 Å². The lowest BCUT2D eigenvalue weighted by atomic mass is 10.2. The Bertz CT molecular complexity index is 349. The molecule has 1 saturated heterocycles. The van der Waals surface area contributed by atoms with Gasteiger partial charge in [0.1, 0.15) is 0 Å². The van der Waals surface area contributed by atoms with E-state index in [-0.39, 0.29) is 0 Å². The summed E-state index contributed by atoms with van der Waals surface area (Å²) < 4.78 is 0. The molecule has 0 saturated carbocycles. The Labute approximate surface area is 114 Å². The molecule has 100 valence electrons. The van der Waals surface area contributed by atoms with Crippen molar-refractivity contribution in [1.29, 1.82) is 0 Å². The Morgan fingerprint density at radius 1 is 1.39 bits per heavy atom. The van der Waals surface area contributed by atoms with Crippen LogP contribution >= 0.6 is 11.8 Å². The third-order valence-corrected chi connectivity index (χ3v) is 4.14.